The monoisotopic (exact) mass is 347 g/mol. The Kier molecular flexibility index (Phi) is 5.11. The number of nitrogens with one attached hydrogen (secondary N) is 1. The molecule has 0 bridgehead atoms. The van der Waals surface area contributed by atoms with Crippen molar-refractivity contribution in [2.75, 3.05) is 18.7 Å². The molecule has 0 atom stereocenters. The molecule has 3 rings (SSSR count). The average molecular weight is 348 g/mol. The molecule has 1 N–H and O–H groups in total. The van der Waals surface area contributed by atoms with Gasteiger partial charge in [-0.05, 0) is 49.2 Å². The number of carbonyl (C=O) groups is 1. The number of hydrogen-bond acceptors (Lipinski definition) is 4. The van der Waals surface area contributed by atoms with Gasteiger partial charge in [0.2, 0.25) is 12.7 Å². The van der Waals surface area contributed by atoms with E-state index in [2.05, 4.69) is 5.32 Å². The Bertz CT molecular complexity index is 748. The molecular formula is C18H18ClNO4. The van der Waals surface area contributed by atoms with Gasteiger partial charge in [0.15, 0.2) is 11.5 Å². The second-order valence-electron chi connectivity index (χ2n) is 5.48. The highest BCUT2D eigenvalue weighted by Gasteiger charge is 2.14. The lowest BCUT2D eigenvalue weighted by Gasteiger charge is -2.08. The van der Waals surface area contributed by atoms with Crippen molar-refractivity contribution < 1.29 is 19.0 Å². The predicted molar refractivity (Wildman–Crippen MR) is 92.1 cm³/mol. The summed E-state index contributed by atoms with van der Waals surface area (Å²) >= 11 is 5.97. The summed E-state index contributed by atoms with van der Waals surface area (Å²) in [5.74, 6) is 2.03. The summed E-state index contributed by atoms with van der Waals surface area (Å²) in [5.41, 5.74) is 1.66. The first kappa shape index (κ1) is 16.5. The predicted octanol–water partition coefficient (Wildman–Crippen LogP) is 4.17. The van der Waals surface area contributed by atoms with Crippen molar-refractivity contribution >= 4 is 23.2 Å². The summed E-state index contributed by atoms with van der Waals surface area (Å²) in [6.45, 7) is 2.61. The number of halogens is 1. The summed E-state index contributed by atoms with van der Waals surface area (Å²) < 4.78 is 16.1. The van der Waals surface area contributed by atoms with Crippen LogP contribution in [-0.2, 0) is 4.79 Å². The molecule has 1 heterocycles. The highest BCUT2D eigenvalue weighted by Crippen LogP contribution is 2.34. The van der Waals surface area contributed by atoms with Crippen LogP contribution in [0.5, 0.6) is 17.2 Å². The Balaban J connectivity index is 1.42. The van der Waals surface area contributed by atoms with Gasteiger partial charge in [-0.15, -0.1) is 0 Å². The second-order valence-corrected chi connectivity index (χ2v) is 5.89. The molecule has 0 fully saturated rings. The molecule has 5 nitrogen and oxygen atoms in total. The molecule has 24 heavy (non-hydrogen) atoms. The van der Waals surface area contributed by atoms with E-state index in [1.165, 1.54) is 0 Å². The molecule has 0 aromatic heterocycles. The topological polar surface area (TPSA) is 56.8 Å². The van der Waals surface area contributed by atoms with Crippen LogP contribution in [-0.4, -0.2) is 19.3 Å². The van der Waals surface area contributed by atoms with Gasteiger partial charge in [0.05, 0.1) is 6.61 Å². The fourth-order valence-electron chi connectivity index (χ4n) is 2.33. The molecule has 0 radical (unpaired) electrons. The largest absolute Gasteiger partial charge is 0.494 e. The number of carbonyl (C=O) groups excluding carboxylic acids is 1. The van der Waals surface area contributed by atoms with Crippen LogP contribution in [0.1, 0.15) is 18.4 Å². The van der Waals surface area contributed by atoms with Crippen molar-refractivity contribution in [3.8, 4) is 17.2 Å². The quantitative estimate of drug-likeness (QED) is 0.797. The van der Waals surface area contributed by atoms with Crippen molar-refractivity contribution in [2.24, 2.45) is 0 Å². The first-order chi connectivity index (χ1) is 11.6. The Morgan fingerprint density at radius 3 is 2.88 bits per heavy atom. The maximum atomic E-state index is 12.0. The normalized spacial score (nSPS) is 12.1. The van der Waals surface area contributed by atoms with Crippen LogP contribution in [0, 0.1) is 6.92 Å². The molecule has 0 saturated carbocycles. The van der Waals surface area contributed by atoms with Gasteiger partial charge in [0.25, 0.3) is 0 Å². The smallest absolute Gasteiger partial charge is 0.231 e. The van der Waals surface area contributed by atoms with Crippen LogP contribution >= 0.6 is 11.6 Å². The van der Waals surface area contributed by atoms with Gasteiger partial charge in [-0.3, -0.25) is 4.79 Å². The van der Waals surface area contributed by atoms with Crippen molar-refractivity contribution in [1.82, 2.24) is 0 Å². The zero-order chi connectivity index (χ0) is 16.9. The molecule has 2 aromatic carbocycles. The number of amides is 1. The summed E-state index contributed by atoms with van der Waals surface area (Å²) in [4.78, 5) is 12.0. The number of rotatable bonds is 6. The number of aryl methyl sites for hydroxylation is 1. The van der Waals surface area contributed by atoms with Crippen LogP contribution < -0.4 is 19.5 Å². The maximum absolute atomic E-state index is 12.0. The van der Waals surface area contributed by atoms with Crippen molar-refractivity contribution in [3.05, 3.63) is 47.0 Å². The maximum Gasteiger partial charge on any atom is 0.231 e. The van der Waals surface area contributed by atoms with Crippen molar-refractivity contribution in [2.45, 2.75) is 19.8 Å². The molecule has 0 saturated heterocycles. The van der Waals surface area contributed by atoms with E-state index in [0.29, 0.717) is 41.7 Å². The summed E-state index contributed by atoms with van der Waals surface area (Å²) in [5, 5.41) is 3.55. The number of ether oxygens (including phenoxy) is 3. The van der Waals surface area contributed by atoms with E-state index in [-0.39, 0.29) is 12.7 Å². The lowest BCUT2D eigenvalue weighted by Crippen LogP contribution is -2.12. The highest BCUT2D eigenvalue weighted by molar-refractivity contribution is 6.31. The van der Waals surface area contributed by atoms with Crippen molar-refractivity contribution in [3.63, 3.8) is 0 Å². The van der Waals surface area contributed by atoms with Gasteiger partial charge in [-0.2, -0.15) is 0 Å². The Labute approximate surface area is 145 Å². The molecule has 126 valence electrons. The Morgan fingerprint density at radius 2 is 2.04 bits per heavy atom. The van der Waals surface area contributed by atoms with E-state index in [1.54, 1.807) is 24.3 Å². The summed E-state index contributed by atoms with van der Waals surface area (Å²) in [6, 6.07) is 10.8. The van der Waals surface area contributed by atoms with Crippen molar-refractivity contribution in [1.29, 1.82) is 0 Å². The zero-order valence-corrected chi connectivity index (χ0v) is 14.1. The van der Waals surface area contributed by atoms with E-state index >= 15 is 0 Å². The molecule has 2 aromatic rings. The number of fused-ring (bicyclic) bond motifs is 1. The summed E-state index contributed by atoms with van der Waals surface area (Å²) in [6.07, 6.45) is 0.999. The lowest BCUT2D eigenvalue weighted by atomic mass is 10.2. The second kappa shape index (κ2) is 7.45. The highest BCUT2D eigenvalue weighted by atomic mass is 35.5. The van der Waals surface area contributed by atoms with Gasteiger partial charge in [-0.1, -0.05) is 11.6 Å². The number of anilines is 1. The molecule has 0 unspecified atom stereocenters. The Morgan fingerprint density at radius 1 is 1.21 bits per heavy atom. The number of hydrogen-bond donors (Lipinski definition) is 1. The van der Waals surface area contributed by atoms with Gasteiger partial charge < -0.3 is 19.5 Å². The van der Waals surface area contributed by atoms with E-state index < -0.39 is 0 Å². The minimum absolute atomic E-state index is 0.0650. The van der Waals surface area contributed by atoms with E-state index in [9.17, 15) is 4.79 Å². The van der Waals surface area contributed by atoms with Gasteiger partial charge in [0, 0.05) is 23.2 Å². The third-order valence-corrected chi connectivity index (χ3v) is 4.03. The summed E-state index contributed by atoms with van der Waals surface area (Å²) in [7, 11) is 0. The van der Waals surface area contributed by atoms with Gasteiger partial charge in [-0.25, -0.2) is 0 Å². The lowest BCUT2D eigenvalue weighted by molar-refractivity contribution is -0.116. The molecule has 0 spiro atoms. The molecule has 0 aliphatic carbocycles. The Hall–Kier alpha value is -2.40. The molecule has 6 heteroatoms. The van der Waals surface area contributed by atoms with Gasteiger partial charge in [0.1, 0.15) is 5.75 Å². The van der Waals surface area contributed by atoms with E-state index in [1.807, 2.05) is 19.1 Å². The SMILES string of the molecule is Cc1cc(OCCCC(=O)Nc2ccc3c(c2)OCO3)ccc1Cl. The number of benzene rings is 2. The zero-order valence-electron chi connectivity index (χ0n) is 13.3. The minimum Gasteiger partial charge on any atom is -0.494 e. The van der Waals surface area contributed by atoms with Crippen LogP contribution in [0.15, 0.2) is 36.4 Å². The third kappa shape index (κ3) is 4.11. The standard InChI is InChI=1S/C18H18ClNO4/c1-12-9-14(5-6-15(12)19)22-8-2-3-18(21)20-13-4-7-16-17(10-13)24-11-23-16/h4-7,9-10H,2-3,8,11H2,1H3,(H,20,21). The molecule has 1 aliphatic heterocycles. The van der Waals surface area contributed by atoms with Crippen LogP contribution in [0.4, 0.5) is 5.69 Å². The third-order valence-electron chi connectivity index (χ3n) is 3.60. The van der Waals surface area contributed by atoms with Gasteiger partial charge >= 0.3 is 0 Å². The van der Waals surface area contributed by atoms with Crippen LogP contribution in [0.3, 0.4) is 0 Å². The fourth-order valence-corrected chi connectivity index (χ4v) is 2.45. The molecule has 1 amide bonds. The van der Waals surface area contributed by atoms with Crippen LogP contribution in [0.2, 0.25) is 5.02 Å². The van der Waals surface area contributed by atoms with E-state index in [4.69, 9.17) is 25.8 Å². The molecular weight excluding hydrogens is 330 g/mol. The fraction of sp³-hybridized carbons (Fsp3) is 0.278. The van der Waals surface area contributed by atoms with E-state index in [0.717, 1.165) is 11.3 Å². The first-order valence-electron chi connectivity index (χ1n) is 7.70. The first-order valence-corrected chi connectivity index (χ1v) is 8.08. The van der Waals surface area contributed by atoms with Crippen LogP contribution in [0.25, 0.3) is 0 Å². The molecule has 1 aliphatic rings. The minimum atomic E-state index is -0.0650. The average Bonchev–Trinajstić information content (AvgIpc) is 3.02.